The van der Waals surface area contributed by atoms with Crippen molar-refractivity contribution in [2.24, 2.45) is 0 Å². The monoisotopic (exact) mass is 300 g/mol. The predicted molar refractivity (Wildman–Crippen MR) is 83.5 cm³/mol. The summed E-state index contributed by atoms with van der Waals surface area (Å²) in [4.78, 5) is 13.7. The molecule has 0 spiro atoms. The fourth-order valence-corrected chi connectivity index (χ4v) is 2.46. The number of ether oxygens (including phenoxy) is 1. The molecule has 0 saturated carbocycles. The first-order valence-electron chi connectivity index (χ1n) is 7.25. The Labute approximate surface area is 129 Å². The van der Waals surface area contributed by atoms with Crippen LogP contribution in [0.2, 0.25) is 0 Å². The summed E-state index contributed by atoms with van der Waals surface area (Å²) in [6.45, 7) is 6.41. The van der Waals surface area contributed by atoms with Crippen LogP contribution in [0.1, 0.15) is 32.0 Å². The number of nitrogens with two attached hydrogens (primary N) is 1. The molecule has 22 heavy (non-hydrogen) atoms. The smallest absolute Gasteiger partial charge is 0.410 e. The van der Waals surface area contributed by atoms with Crippen LogP contribution in [0.5, 0.6) is 0 Å². The van der Waals surface area contributed by atoms with Crippen molar-refractivity contribution in [2.45, 2.75) is 39.5 Å². The van der Waals surface area contributed by atoms with E-state index in [2.05, 4.69) is 5.10 Å². The van der Waals surface area contributed by atoms with Crippen molar-refractivity contribution in [1.82, 2.24) is 14.7 Å². The lowest BCUT2D eigenvalue weighted by Gasteiger charge is -2.24. The van der Waals surface area contributed by atoms with Crippen LogP contribution in [0.25, 0.3) is 5.69 Å². The number of nitrogen functional groups attached to an aromatic ring is 1. The summed E-state index contributed by atoms with van der Waals surface area (Å²) < 4.78 is 7.11. The van der Waals surface area contributed by atoms with E-state index in [0.717, 1.165) is 16.9 Å². The van der Waals surface area contributed by atoms with Crippen LogP contribution in [0.15, 0.2) is 30.3 Å². The highest BCUT2D eigenvalue weighted by Crippen LogP contribution is 2.30. The molecule has 0 fully saturated rings. The molecule has 0 radical (unpaired) electrons. The number of anilines is 1. The molecule has 6 heteroatoms. The number of carbonyl (C=O) groups is 1. The highest BCUT2D eigenvalue weighted by atomic mass is 16.6. The van der Waals surface area contributed by atoms with Crippen LogP contribution < -0.4 is 5.73 Å². The molecule has 1 aromatic carbocycles. The number of hydrogen-bond donors (Lipinski definition) is 1. The van der Waals surface area contributed by atoms with E-state index in [1.54, 1.807) is 9.58 Å². The van der Waals surface area contributed by atoms with Gasteiger partial charge in [-0.3, -0.25) is 4.90 Å². The third kappa shape index (κ3) is 2.64. The zero-order valence-corrected chi connectivity index (χ0v) is 13.0. The van der Waals surface area contributed by atoms with Gasteiger partial charge in [-0.05, 0) is 32.9 Å². The molecule has 2 heterocycles. The van der Waals surface area contributed by atoms with E-state index < -0.39 is 5.60 Å². The average molecular weight is 300 g/mol. The van der Waals surface area contributed by atoms with Crippen molar-refractivity contribution in [1.29, 1.82) is 0 Å². The zero-order chi connectivity index (χ0) is 15.9. The first kappa shape index (κ1) is 14.4. The van der Waals surface area contributed by atoms with Crippen LogP contribution in [0, 0.1) is 0 Å². The first-order valence-corrected chi connectivity index (χ1v) is 7.25. The minimum atomic E-state index is -0.507. The topological polar surface area (TPSA) is 73.4 Å². The van der Waals surface area contributed by atoms with Gasteiger partial charge in [0, 0.05) is 5.56 Å². The maximum atomic E-state index is 12.1. The molecule has 1 aromatic heterocycles. The first-order chi connectivity index (χ1) is 10.3. The third-order valence-electron chi connectivity index (χ3n) is 3.45. The normalized spacial score (nSPS) is 14.0. The number of aromatic nitrogens is 2. The van der Waals surface area contributed by atoms with E-state index in [9.17, 15) is 4.79 Å². The van der Waals surface area contributed by atoms with E-state index in [0.29, 0.717) is 18.9 Å². The van der Waals surface area contributed by atoms with Gasteiger partial charge in [0.25, 0.3) is 0 Å². The second-order valence-electron chi connectivity index (χ2n) is 6.39. The molecule has 0 atom stereocenters. The van der Waals surface area contributed by atoms with E-state index in [-0.39, 0.29) is 6.09 Å². The van der Waals surface area contributed by atoms with Crippen LogP contribution >= 0.6 is 0 Å². The quantitative estimate of drug-likeness (QED) is 0.878. The van der Waals surface area contributed by atoms with Crippen LogP contribution in [0.4, 0.5) is 10.6 Å². The molecule has 0 unspecified atom stereocenters. The highest BCUT2D eigenvalue weighted by molar-refractivity contribution is 5.70. The number of benzene rings is 1. The number of amides is 1. The number of para-hydroxylation sites is 1. The largest absolute Gasteiger partial charge is 0.444 e. The number of nitrogens with zero attached hydrogens (tertiary/aromatic N) is 3. The van der Waals surface area contributed by atoms with Crippen molar-refractivity contribution in [2.75, 3.05) is 5.73 Å². The fourth-order valence-electron chi connectivity index (χ4n) is 2.46. The van der Waals surface area contributed by atoms with Gasteiger partial charge < -0.3 is 10.5 Å². The second kappa shape index (κ2) is 5.05. The minimum Gasteiger partial charge on any atom is -0.444 e. The Hall–Kier alpha value is -2.50. The standard InChI is InChI=1S/C16H20N4O2/c1-16(2,3)22-15(21)19-9-12-13(10-19)18-20(14(12)17)11-7-5-4-6-8-11/h4-8H,9-10,17H2,1-3H3. The summed E-state index contributed by atoms with van der Waals surface area (Å²) in [6, 6.07) is 9.72. The summed E-state index contributed by atoms with van der Waals surface area (Å²) in [7, 11) is 0. The second-order valence-corrected chi connectivity index (χ2v) is 6.39. The van der Waals surface area contributed by atoms with Crippen LogP contribution in [-0.4, -0.2) is 26.4 Å². The Morgan fingerprint density at radius 2 is 1.91 bits per heavy atom. The lowest BCUT2D eigenvalue weighted by atomic mass is 10.2. The van der Waals surface area contributed by atoms with Gasteiger partial charge in [-0.2, -0.15) is 5.10 Å². The minimum absolute atomic E-state index is 0.337. The number of rotatable bonds is 1. The van der Waals surface area contributed by atoms with Gasteiger partial charge >= 0.3 is 6.09 Å². The molecule has 2 N–H and O–H groups in total. The number of hydrogen-bond acceptors (Lipinski definition) is 4. The summed E-state index contributed by atoms with van der Waals surface area (Å²) in [5.74, 6) is 0.576. The lowest BCUT2D eigenvalue weighted by molar-refractivity contribution is 0.0239. The molecular formula is C16H20N4O2. The average Bonchev–Trinajstić information content (AvgIpc) is 2.98. The SMILES string of the molecule is CC(C)(C)OC(=O)N1Cc2nn(-c3ccccc3)c(N)c2C1. The maximum absolute atomic E-state index is 12.1. The van der Waals surface area contributed by atoms with Gasteiger partial charge in [-0.15, -0.1) is 0 Å². The zero-order valence-electron chi connectivity index (χ0n) is 13.0. The van der Waals surface area contributed by atoms with Gasteiger partial charge in [0.1, 0.15) is 11.4 Å². The summed E-state index contributed by atoms with van der Waals surface area (Å²) in [6.07, 6.45) is -0.337. The van der Waals surface area contributed by atoms with E-state index >= 15 is 0 Å². The maximum Gasteiger partial charge on any atom is 0.410 e. The number of carbonyl (C=O) groups excluding carboxylic acids is 1. The Bertz CT molecular complexity index is 701. The Morgan fingerprint density at radius 3 is 2.50 bits per heavy atom. The summed E-state index contributed by atoms with van der Waals surface area (Å²) in [5.41, 5.74) is 8.33. The van der Waals surface area contributed by atoms with Crippen LogP contribution in [0.3, 0.4) is 0 Å². The van der Waals surface area contributed by atoms with E-state index in [1.165, 1.54) is 0 Å². The molecule has 0 bridgehead atoms. The molecule has 3 rings (SSSR count). The highest BCUT2D eigenvalue weighted by Gasteiger charge is 2.32. The van der Waals surface area contributed by atoms with Gasteiger partial charge in [0.15, 0.2) is 0 Å². The Balaban J connectivity index is 1.81. The van der Waals surface area contributed by atoms with Crippen molar-refractivity contribution in [3.8, 4) is 5.69 Å². The summed E-state index contributed by atoms with van der Waals surface area (Å²) in [5, 5.41) is 4.53. The third-order valence-corrected chi connectivity index (χ3v) is 3.45. The lowest BCUT2D eigenvalue weighted by Crippen LogP contribution is -2.33. The Kier molecular flexibility index (Phi) is 3.31. The fraction of sp³-hybridized carbons (Fsp3) is 0.375. The molecule has 6 nitrogen and oxygen atoms in total. The molecule has 0 aliphatic carbocycles. The van der Waals surface area contributed by atoms with Gasteiger partial charge in [0.2, 0.25) is 0 Å². The molecule has 1 amide bonds. The number of fused-ring (bicyclic) bond motifs is 1. The van der Waals surface area contributed by atoms with Crippen molar-refractivity contribution >= 4 is 11.9 Å². The van der Waals surface area contributed by atoms with Crippen molar-refractivity contribution in [3.63, 3.8) is 0 Å². The van der Waals surface area contributed by atoms with Crippen molar-refractivity contribution in [3.05, 3.63) is 41.6 Å². The predicted octanol–water partition coefficient (Wildman–Crippen LogP) is 2.71. The Morgan fingerprint density at radius 1 is 1.23 bits per heavy atom. The van der Waals surface area contributed by atoms with Crippen molar-refractivity contribution < 1.29 is 9.53 Å². The molecule has 0 saturated heterocycles. The van der Waals surface area contributed by atoms with E-state index in [4.69, 9.17) is 10.5 Å². The molecule has 1 aliphatic heterocycles. The van der Waals surface area contributed by atoms with Gasteiger partial charge in [0.05, 0.1) is 24.5 Å². The molecule has 2 aromatic rings. The van der Waals surface area contributed by atoms with Crippen LogP contribution in [-0.2, 0) is 17.8 Å². The molecule has 1 aliphatic rings. The van der Waals surface area contributed by atoms with Gasteiger partial charge in [-0.25, -0.2) is 9.48 Å². The molecular weight excluding hydrogens is 280 g/mol. The summed E-state index contributed by atoms with van der Waals surface area (Å²) >= 11 is 0. The van der Waals surface area contributed by atoms with Gasteiger partial charge in [-0.1, -0.05) is 18.2 Å². The van der Waals surface area contributed by atoms with E-state index in [1.807, 2.05) is 51.1 Å². The molecule has 116 valence electrons.